The van der Waals surface area contributed by atoms with Gasteiger partial charge < -0.3 is 5.11 Å². The van der Waals surface area contributed by atoms with Gasteiger partial charge >= 0.3 is 11.7 Å². The summed E-state index contributed by atoms with van der Waals surface area (Å²) in [6, 6.07) is 6.04. The molecule has 0 bridgehead atoms. The van der Waals surface area contributed by atoms with Crippen molar-refractivity contribution in [2.75, 3.05) is 0 Å². The zero-order chi connectivity index (χ0) is 14.0. The third-order valence-corrected chi connectivity index (χ3v) is 2.56. The number of nitrogens with one attached hydrogen (secondary N) is 1. The molecule has 1 aromatic carbocycles. The van der Waals surface area contributed by atoms with E-state index in [1.165, 1.54) is 12.1 Å². The second-order valence-electron chi connectivity index (χ2n) is 3.83. The lowest BCUT2D eigenvalue weighted by Crippen LogP contribution is -2.31. The molecule has 2 aromatic rings. The smallest absolute Gasteiger partial charge is 0.336 e. The highest BCUT2D eigenvalue weighted by molar-refractivity contribution is 5.89. The number of aromatic amines is 1. The number of H-pyrrole nitrogens is 1. The molecule has 6 nitrogen and oxygen atoms in total. The van der Waals surface area contributed by atoms with Gasteiger partial charge in [-0.3, -0.25) is 14.3 Å². The second-order valence-corrected chi connectivity index (χ2v) is 3.83. The number of aromatic nitrogens is 2. The lowest BCUT2D eigenvalue weighted by atomic mass is 10.1. The minimum Gasteiger partial charge on any atom is -0.478 e. The van der Waals surface area contributed by atoms with Crippen molar-refractivity contribution in [3.8, 4) is 0 Å². The largest absolute Gasteiger partial charge is 0.478 e. The van der Waals surface area contributed by atoms with Crippen molar-refractivity contribution in [3.05, 3.63) is 68.2 Å². The van der Waals surface area contributed by atoms with Crippen molar-refractivity contribution in [2.24, 2.45) is 0 Å². The molecule has 2 rings (SSSR count). The van der Waals surface area contributed by atoms with Gasteiger partial charge in [0.05, 0.1) is 18.3 Å². The number of aromatic carboxylic acids is 1. The van der Waals surface area contributed by atoms with Crippen LogP contribution < -0.4 is 11.2 Å². The first-order chi connectivity index (χ1) is 8.99. The lowest BCUT2D eigenvalue weighted by Gasteiger charge is -2.08. The van der Waals surface area contributed by atoms with Crippen LogP contribution in [-0.4, -0.2) is 20.6 Å². The number of carboxylic acid groups (broad SMARTS) is 1. The average Bonchev–Trinajstić information content (AvgIpc) is 2.36. The monoisotopic (exact) mass is 264 g/mol. The van der Waals surface area contributed by atoms with E-state index < -0.39 is 23.0 Å². The number of hydrogen-bond donors (Lipinski definition) is 2. The molecule has 98 valence electrons. The number of carboxylic acids is 1. The zero-order valence-electron chi connectivity index (χ0n) is 9.59. The quantitative estimate of drug-likeness (QED) is 0.840. The summed E-state index contributed by atoms with van der Waals surface area (Å²) in [5.41, 5.74) is -1.55. The van der Waals surface area contributed by atoms with Crippen molar-refractivity contribution < 1.29 is 14.3 Å². The molecule has 0 amide bonds. The minimum absolute atomic E-state index is 0.0148. The molecule has 0 atom stereocenters. The minimum atomic E-state index is -1.14. The first kappa shape index (κ1) is 12.7. The molecule has 0 aliphatic rings. The van der Waals surface area contributed by atoms with E-state index in [0.29, 0.717) is 5.56 Å². The molecule has 2 N–H and O–H groups in total. The molecule has 1 heterocycles. The standard InChI is InChI=1S/C12H9FN2O4/c13-9-6-15(12(19)14-10(9)16)5-7-3-1-2-4-8(7)11(17)18/h1-4,6H,5H2,(H,17,18)(H,14,16,19). The van der Waals surface area contributed by atoms with Gasteiger partial charge in [-0.15, -0.1) is 0 Å². The van der Waals surface area contributed by atoms with Crippen molar-refractivity contribution >= 4 is 5.97 Å². The molecule has 0 spiro atoms. The predicted molar refractivity (Wildman–Crippen MR) is 63.8 cm³/mol. The Balaban J connectivity index is 2.48. The van der Waals surface area contributed by atoms with Crippen LogP contribution in [0.2, 0.25) is 0 Å². The van der Waals surface area contributed by atoms with Gasteiger partial charge in [-0.05, 0) is 11.6 Å². The normalized spacial score (nSPS) is 10.4. The van der Waals surface area contributed by atoms with Gasteiger partial charge in [-0.25, -0.2) is 9.59 Å². The van der Waals surface area contributed by atoms with E-state index in [4.69, 9.17) is 5.11 Å². The summed E-state index contributed by atoms with van der Waals surface area (Å²) in [6.45, 7) is -0.144. The molecule has 0 aliphatic carbocycles. The molecule has 0 unspecified atom stereocenters. The Bertz CT molecular complexity index is 748. The molecule has 0 saturated carbocycles. The first-order valence-electron chi connectivity index (χ1n) is 5.29. The Kier molecular flexibility index (Phi) is 3.28. The SMILES string of the molecule is O=C(O)c1ccccc1Cn1cc(F)c(=O)[nH]c1=O. The van der Waals surface area contributed by atoms with Crippen LogP contribution in [0.15, 0.2) is 40.1 Å². The van der Waals surface area contributed by atoms with Crippen molar-refractivity contribution in [3.63, 3.8) is 0 Å². The number of nitrogens with zero attached hydrogens (tertiary/aromatic N) is 1. The fourth-order valence-corrected chi connectivity index (χ4v) is 1.65. The van der Waals surface area contributed by atoms with E-state index in [1.807, 2.05) is 0 Å². The van der Waals surface area contributed by atoms with E-state index >= 15 is 0 Å². The van der Waals surface area contributed by atoms with Crippen LogP contribution in [0.5, 0.6) is 0 Å². The lowest BCUT2D eigenvalue weighted by molar-refractivity contribution is 0.0695. The van der Waals surface area contributed by atoms with E-state index in [0.717, 1.165) is 10.8 Å². The number of hydrogen-bond acceptors (Lipinski definition) is 3. The second kappa shape index (κ2) is 4.89. The van der Waals surface area contributed by atoms with Crippen molar-refractivity contribution in [1.82, 2.24) is 9.55 Å². The van der Waals surface area contributed by atoms with Crippen LogP contribution >= 0.6 is 0 Å². The molecule has 1 aromatic heterocycles. The number of benzene rings is 1. The molecule has 19 heavy (non-hydrogen) atoms. The Morgan fingerprint density at radius 3 is 2.68 bits per heavy atom. The molecule has 0 fully saturated rings. The summed E-state index contributed by atoms with van der Waals surface area (Å²) >= 11 is 0. The van der Waals surface area contributed by atoms with Gasteiger partial charge in [0.2, 0.25) is 5.82 Å². The Morgan fingerprint density at radius 1 is 1.32 bits per heavy atom. The summed E-state index contributed by atoms with van der Waals surface area (Å²) < 4.78 is 14.0. The summed E-state index contributed by atoms with van der Waals surface area (Å²) in [4.78, 5) is 35.2. The number of halogens is 1. The van der Waals surface area contributed by atoms with E-state index in [1.54, 1.807) is 17.1 Å². The molecule has 0 aliphatic heterocycles. The van der Waals surface area contributed by atoms with E-state index in [9.17, 15) is 18.8 Å². The Morgan fingerprint density at radius 2 is 2.00 bits per heavy atom. The zero-order valence-corrected chi connectivity index (χ0v) is 9.59. The third kappa shape index (κ3) is 2.59. The molecular formula is C12H9FN2O4. The van der Waals surface area contributed by atoms with Crippen LogP contribution in [0.4, 0.5) is 4.39 Å². The molecule has 0 saturated heterocycles. The summed E-state index contributed by atoms with van der Waals surface area (Å²) in [5, 5.41) is 8.99. The fraction of sp³-hybridized carbons (Fsp3) is 0.0833. The summed E-state index contributed by atoms with van der Waals surface area (Å²) in [7, 11) is 0. The number of rotatable bonds is 3. The summed E-state index contributed by atoms with van der Waals surface area (Å²) in [5.74, 6) is -2.25. The van der Waals surface area contributed by atoms with Gasteiger partial charge in [0, 0.05) is 0 Å². The molecule has 0 radical (unpaired) electrons. The van der Waals surface area contributed by atoms with Crippen LogP contribution in [0.1, 0.15) is 15.9 Å². The highest BCUT2D eigenvalue weighted by Gasteiger charge is 2.11. The Labute approximate surface area is 105 Å². The van der Waals surface area contributed by atoms with Crippen molar-refractivity contribution in [2.45, 2.75) is 6.54 Å². The van der Waals surface area contributed by atoms with Gasteiger partial charge in [0.1, 0.15) is 0 Å². The highest BCUT2D eigenvalue weighted by Crippen LogP contribution is 2.09. The van der Waals surface area contributed by atoms with E-state index in [2.05, 4.69) is 0 Å². The summed E-state index contributed by atoms with van der Waals surface area (Å²) in [6.07, 6.45) is 0.750. The maximum absolute atomic E-state index is 13.1. The Hall–Kier alpha value is -2.70. The molecule has 7 heteroatoms. The van der Waals surface area contributed by atoms with Gasteiger partial charge in [0.25, 0.3) is 5.56 Å². The molecular weight excluding hydrogens is 255 g/mol. The van der Waals surface area contributed by atoms with Crippen LogP contribution in [0.25, 0.3) is 0 Å². The number of carbonyl (C=O) groups is 1. The highest BCUT2D eigenvalue weighted by atomic mass is 19.1. The van der Waals surface area contributed by atoms with Crippen LogP contribution in [0.3, 0.4) is 0 Å². The maximum Gasteiger partial charge on any atom is 0.336 e. The van der Waals surface area contributed by atoms with Gasteiger partial charge in [0.15, 0.2) is 0 Å². The van der Waals surface area contributed by atoms with Crippen LogP contribution in [0, 0.1) is 5.82 Å². The van der Waals surface area contributed by atoms with Gasteiger partial charge in [-0.2, -0.15) is 4.39 Å². The fourth-order valence-electron chi connectivity index (χ4n) is 1.65. The predicted octanol–water partition coefficient (Wildman–Crippen LogP) is 0.422. The first-order valence-corrected chi connectivity index (χ1v) is 5.29. The maximum atomic E-state index is 13.1. The van der Waals surface area contributed by atoms with Crippen molar-refractivity contribution in [1.29, 1.82) is 0 Å². The topological polar surface area (TPSA) is 92.2 Å². The van der Waals surface area contributed by atoms with E-state index in [-0.39, 0.29) is 12.1 Å². The third-order valence-electron chi connectivity index (χ3n) is 2.56. The average molecular weight is 264 g/mol. The van der Waals surface area contributed by atoms with Crippen LogP contribution in [-0.2, 0) is 6.54 Å². The van der Waals surface area contributed by atoms with Gasteiger partial charge in [-0.1, -0.05) is 18.2 Å².